The zero-order valence-corrected chi connectivity index (χ0v) is 17.9. The second-order valence-corrected chi connectivity index (χ2v) is 7.98. The highest BCUT2D eigenvalue weighted by molar-refractivity contribution is 7.11. The third-order valence-corrected chi connectivity index (χ3v) is 5.65. The second kappa shape index (κ2) is 8.45. The van der Waals surface area contributed by atoms with Gasteiger partial charge in [0.1, 0.15) is 16.7 Å². The summed E-state index contributed by atoms with van der Waals surface area (Å²) in [6.07, 6.45) is 1.73. The van der Waals surface area contributed by atoms with Gasteiger partial charge < -0.3 is 9.32 Å². The Kier molecular flexibility index (Phi) is 5.54. The summed E-state index contributed by atoms with van der Waals surface area (Å²) in [5.74, 6) is 0. The van der Waals surface area contributed by atoms with Crippen LogP contribution in [-0.4, -0.2) is 24.0 Å². The van der Waals surface area contributed by atoms with Gasteiger partial charge in [-0.15, -0.1) is 11.3 Å². The monoisotopic (exact) mass is 444 g/mol. The number of non-ortho nitro benzene ring substituents is 1. The van der Waals surface area contributed by atoms with Gasteiger partial charge in [0.05, 0.1) is 21.8 Å². The highest BCUT2D eigenvalue weighted by Gasteiger charge is 2.15. The zero-order valence-electron chi connectivity index (χ0n) is 17.1. The molecular formula is C23H16N4O4S. The molecule has 0 aliphatic rings. The number of rotatable bonds is 5. The smallest absolute Gasteiger partial charge is 0.345 e. The number of hydrogen-bond donors (Lipinski definition) is 0. The van der Waals surface area contributed by atoms with Gasteiger partial charge in [-0.25, -0.2) is 9.78 Å². The number of hydrogen-bond acceptors (Lipinski definition) is 8. The molecule has 0 radical (unpaired) electrons. The molecule has 0 fully saturated rings. The summed E-state index contributed by atoms with van der Waals surface area (Å²) in [6, 6.07) is 15.4. The van der Waals surface area contributed by atoms with Gasteiger partial charge in [0.25, 0.3) is 5.69 Å². The molecule has 0 atom stereocenters. The molecule has 0 saturated carbocycles. The number of fused-ring (bicyclic) bond motifs is 1. The van der Waals surface area contributed by atoms with E-state index in [0.717, 1.165) is 11.3 Å². The molecule has 9 heteroatoms. The largest absolute Gasteiger partial charge is 0.422 e. The maximum Gasteiger partial charge on any atom is 0.345 e. The highest BCUT2D eigenvalue weighted by Crippen LogP contribution is 2.28. The molecule has 0 aliphatic heterocycles. The van der Waals surface area contributed by atoms with E-state index in [1.807, 2.05) is 43.3 Å². The van der Waals surface area contributed by atoms with E-state index in [1.54, 1.807) is 11.5 Å². The number of nitro benzene ring substituents is 1. The molecule has 2 aromatic carbocycles. The minimum atomic E-state index is -0.607. The van der Waals surface area contributed by atoms with Crippen LogP contribution in [0.4, 0.5) is 11.4 Å². The lowest BCUT2D eigenvalue weighted by atomic mass is 10.1. The average molecular weight is 444 g/mol. The Bertz CT molecular complexity index is 1460. The molecule has 0 N–H and O–H groups in total. The summed E-state index contributed by atoms with van der Waals surface area (Å²) in [5, 5.41) is 23.2. The standard InChI is InChI=1S/C23H16N4O4S/c1-26(2)17-5-3-14(4-6-17)9-16(12-24)22-25-20(13-32-22)19-11-15-10-18(27(29)30)7-8-21(15)31-23(19)28/h3-11,13H,1-2H3. The van der Waals surface area contributed by atoms with Crippen molar-refractivity contribution in [1.29, 1.82) is 5.26 Å². The molecule has 0 saturated heterocycles. The van der Waals surface area contributed by atoms with Gasteiger partial charge in [0.2, 0.25) is 0 Å². The number of thiazole rings is 1. The zero-order chi connectivity index (χ0) is 22.8. The van der Waals surface area contributed by atoms with E-state index in [0.29, 0.717) is 21.7 Å². The Morgan fingerprint density at radius 2 is 1.97 bits per heavy atom. The number of aromatic nitrogens is 1. The van der Waals surface area contributed by atoms with Crippen LogP contribution in [0.1, 0.15) is 10.6 Å². The molecule has 158 valence electrons. The third kappa shape index (κ3) is 4.12. The SMILES string of the molecule is CN(C)c1ccc(C=C(C#N)c2nc(-c3cc4cc([N+](=O)[O-])ccc4oc3=O)cs2)cc1. The molecule has 8 nitrogen and oxygen atoms in total. The number of nitro groups is 1. The van der Waals surface area contributed by atoms with E-state index in [1.165, 1.54) is 35.6 Å². The summed E-state index contributed by atoms with van der Waals surface area (Å²) < 4.78 is 5.31. The summed E-state index contributed by atoms with van der Waals surface area (Å²) in [5.41, 5.74) is 2.31. The average Bonchev–Trinajstić information content (AvgIpc) is 3.26. The van der Waals surface area contributed by atoms with Crippen molar-refractivity contribution in [2.45, 2.75) is 0 Å². The lowest BCUT2D eigenvalue weighted by Crippen LogP contribution is -2.07. The number of allylic oxidation sites excluding steroid dienone is 1. The Hall–Kier alpha value is -4.29. The van der Waals surface area contributed by atoms with E-state index in [9.17, 15) is 20.2 Å². The summed E-state index contributed by atoms with van der Waals surface area (Å²) in [7, 11) is 3.90. The van der Waals surface area contributed by atoms with Gasteiger partial charge >= 0.3 is 5.63 Å². The fourth-order valence-corrected chi connectivity index (χ4v) is 3.89. The Morgan fingerprint density at radius 3 is 2.62 bits per heavy atom. The molecule has 0 aliphatic carbocycles. The van der Waals surface area contributed by atoms with E-state index < -0.39 is 10.5 Å². The maximum atomic E-state index is 12.5. The van der Waals surface area contributed by atoms with Crippen LogP contribution in [0.3, 0.4) is 0 Å². The Morgan fingerprint density at radius 1 is 1.22 bits per heavy atom. The fraction of sp³-hybridized carbons (Fsp3) is 0.0870. The van der Waals surface area contributed by atoms with E-state index in [2.05, 4.69) is 11.1 Å². The van der Waals surface area contributed by atoms with E-state index >= 15 is 0 Å². The van der Waals surface area contributed by atoms with E-state index in [4.69, 9.17) is 4.42 Å². The predicted octanol–water partition coefficient (Wildman–Crippen LogP) is 4.95. The van der Waals surface area contributed by atoms with Crippen LogP contribution in [0.5, 0.6) is 0 Å². The molecule has 0 bridgehead atoms. The van der Waals surface area contributed by atoms with Crippen LogP contribution in [-0.2, 0) is 0 Å². The van der Waals surface area contributed by atoms with Crippen molar-refractivity contribution in [3.8, 4) is 17.3 Å². The summed E-state index contributed by atoms with van der Waals surface area (Å²) in [6.45, 7) is 0. The molecule has 0 spiro atoms. The molecule has 2 heterocycles. The fourth-order valence-electron chi connectivity index (χ4n) is 3.10. The normalized spacial score (nSPS) is 11.3. The van der Waals surface area contributed by atoms with Crippen LogP contribution in [0.2, 0.25) is 0 Å². The number of anilines is 1. The van der Waals surface area contributed by atoms with Crippen molar-refractivity contribution in [3.63, 3.8) is 0 Å². The molecular weight excluding hydrogens is 428 g/mol. The van der Waals surface area contributed by atoms with Crippen molar-refractivity contribution >= 4 is 45.3 Å². The third-order valence-electron chi connectivity index (χ3n) is 4.78. The first kappa shape index (κ1) is 21.0. The minimum Gasteiger partial charge on any atom is -0.422 e. The van der Waals surface area contributed by atoms with Crippen LogP contribution in [0.25, 0.3) is 33.9 Å². The van der Waals surface area contributed by atoms with Crippen molar-refractivity contribution in [1.82, 2.24) is 4.98 Å². The summed E-state index contributed by atoms with van der Waals surface area (Å²) >= 11 is 1.23. The first-order valence-electron chi connectivity index (χ1n) is 9.43. The quantitative estimate of drug-likeness (QED) is 0.185. The van der Waals surface area contributed by atoms with Gasteiger partial charge in [-0.3, -0.25) is 10.1 Å². The molecule has 0 amide bonds. The van der Waals surface area contributed by atoms with Gasteiger partial charge in [-0.2, -0.15) is 5.26 Å². The van der Waals surface area contributed by atoms with Crippen LogP contribution < -0.4 is 10.5 Å². The second-order valence-electron chi connectivity index (χ2n) is 7.12. The number of benzene rings is 2. The van der Waals surface area contributed by atoms with Gasteiger partial charge in [0.15, 0.2) is 0 Å². The Balaban J connectivity index is 1.71. The number of nitriles is 1. The summed E-state index contributed by atoms with van der Waals surface area (Å²) in [4.78, 5) is 29.4. The van der Waals surface area contributed by atoms with Crippen molar-refractivity contribution in [2.24, 2.45) is 0 Å². The minimum absolute atomic E-state index is 0.105. The number of nitrogens with zero attached hydrogens (tertiary/aromatic N) is 4. The molecule has 4 aromatic rings. The van der Waals surface area contributed by atoms with Gasteiger partial charge in [0, 0.05) is 42.7 Å². The Labute approximate surface area is 186 Å². The topological polar surface area (TPSA) is 113 Å². The van der Waals surface area contributed by atoms with Crippen LogP contribution >= 0.6 is 11.3 Å². The molecule has 2 aromatic heterocycles. The molecule has 0 unspecified atom stereocenters. The van der Waals surface area contributed by atoms with Gasteiger partial charge in [-0.1, -0.05) is 12.1 Å². The van der Waals surface area contributed by atoms with Crippen molar-refractivity contribution in [3.05, 3.63) is 85.0 Å². The molecule has 32 heavy (non-hydrogen) atoms. The maximum absolute atomic E-state index is 12.5. The lowest BCUT2D eigenvalue weighted by Gasteiger charge is -2.11. The predicted molar refractivity (Wildman–Crippen MR) is 124 cm³/mol. The van der Waals surface area contributed by atoms with Crippen LogP contribution in [0.15, 0.2) is 63.1 Å². The first-order chi connectivity index (χ1) is 15.4. The first-order valence-corrected chi connectivity index (χ1v) is 10.3. The molecule has 4 rings (SSSR count). The van der Waals surface area contributed by atoms with Crippen molar-refractivity contribution < 1.29 is 9.34 Å². The van der Waals surface area contributed by atoms with Crippen LogP contribution in [0, 0.1) is 21.4 Å². The highest BCUT2D eigenvalue weighted by atomic mass is 32.1. The van der Waals surface area contributed by atoms with Gasteiger partial charge in [-0.05, 0) is 35.9 Å². The van der Waals surface area contributed by atoms with E-state index in [-0.39, 0.29) is 16.8 Å². The lowest BCUT2D eigenvalue weighted by molar-refractivity contribution is -0.384. The van der Waals surface area contributed by atoms with Crippen molar-refractivity contribution in [2.75, 3.05) is 19.0 Å².